The van der Waals surface area contributed by atoms with Crippen molar-refractivity contribution in [3.63, 3.8) is 0 Å². The van der Waals surface area contributed by atoms with E-state index in [1.54, 1.807) is 0 Å². The Balaban J connectivity index is 2.71. The highest BCUT2D eigenvalue weighted by molar-refractivity contribution is 5.89. The molecule has 118 valence electrons. The lowest BCUT2D eigenvalue weighted by Crippen LogP contribution is -2.52. The summed E-state index contributed by atoms with van der Waals surface area (Å²) in [6.07, 6.45) is -2.53. The number of halogens is 3. The first-order valence-electron chi connectivity index (χ1n) is 6.49. The van der Waals surface area contributed by atoms with Crippen LogP contribution in [0.3, 0.4) is 0 Å². The number of amides is 2. The van der Waals surface area contributed by atoms with Gasteiger partial charge in [-0.15, -0.1) is 0 Å². The van der Waals surface area contributed by atoms with Gasteiger partial charge >= 0.3 is 12.2 Å². The van der Waals surface area contributed by atoms with Crippen molar-refractivity contribution >= 4 is 11.7 Å². The first kappa shape index (κ1) is 17.2. The van der Waals surface area contributed by atoms with E-state index in [1.165, 1.54) is 0 Å². The van der Waals surface area contributed by atoms with Gasteiger partial charge in [-0.25, -0.2) is 9.78 Å². The molecule has 21 heavy (non-hydrogen) atoms. The summed E-state index contributed by atoms with van der Waals surface area (Å²) in [7, 11) is 0. The zero-order valence-electron chi connectivity index (χ0n) is 11.8. The predicted molar refractivity (Wildman–Crippen MR) is 71.8 cm³/mol. The third kappa shape index (κ3) is 4.59. The van der Waals surface area contributed by atoms with E-state index in [0.29, 0.717) is 12.8 Å². The highest BCUT2D eigenvalue weighted by Gasteiger charge is 2.32. The van der Waals surface area contributed by atoms with Crippen molar-refractivity contribution in [2.45, 2.75) is 38.4 Å². The van der Waals surface area contributed by atoms with Crippen LogP contribution < -0.4 is 10.6 Å². The highest BCUT2D eigenvalue weighted by atomic mass is 19.4. The van der Waals surface area contributed by atoms with Crippen molar-refractivity contribution in [2.24, 2.45) is 0 Å². The number of aliphatic hydroxyl groups is 1. The molecule has 1 aromatic heterocycles. The molecule has 2 amide bonds. The van der Waals surface area contributed by atoms with Gasteiger partial charge in [0.1, 0.15) is 5.69 Å². The number of aromatic nitrogens is 1. The number of nitrogens with zero attached hydrogens (tertiary/aromatic N) is 1. The molecule has 1 aromatic rings. The van der Waals surface area contributed by atoms with Crippen LogP contribution in [0.5, 0.6) is 0 Å². The summed E-state index contributed by atoms with van der Waals surface area (Å²) < 4.78 is 37.1. The van der Waals surface area contributed by atoms with Crippen molar-refractivity contribution in [2.75, 3.05) is 11.9 Å². The third-order valence-corrected chi connectivity index (χ3v) is 3.35. The Kier molecular flexibility index (Phi) is 5.54. The molecule has 0 fully saturated rings. The van der Waals surface area contributed by atoms with Gasteiger partial charge in [0.25, 0.3) is 0 Å². The molecule has 0 radical (unpaired) electrons. The van der Waals surface area contributed by atoms with Gasteiger partial charge < -0.3 is 15.7 Å². The molecule has 0 bridgehead atoms. The SMILES string of the molecule is CCC(CC)(CO)NC(=O)Nc1ccc(C(F)(F)F)nc1. The van der Waals surface area contributed by atoms with Crippen LogP contribution in [0.25, 0.3) is 0 Å². The minimum absolute atomic E-state index is 0.138. The summed E-state index contributed by atoms with van der Waals surface area (Å²) in [6, 6.07) is 1.30. The van der Waals surface area contributed by atoms with Crippen molar-refractivity contribution in [1.82, 2.24) is 10.3 Å². The van der Waals surface area contributed by atoms with Crippen LogP contribution in [0.4, 0.5) is 23.7 Å². The van der Waals surface area contributed by atoms with E-state index in [-0.39, 0.29) is 12.3 Å². The van der Waals surface area contributed by atoms with Crippen LogP contribution in [0.15, 0.2) is 18.3 Å². The van der Waals surface area contributed by atoms with E-state index in [4.69, 9.17) is 0 Å². The molecule has 0 saturated carbocycles. The second-order valence-corrected chi connectivity index (χ2v) is 4.65. The number of hydrogen-bond acceptors (Lipinski definition) is 3. The Bertz CT molecular complexity index is 462. The number of anilines is 1. The lowest BCUT2D eigenvalue weighted by molar-refractivity contribution is -0.141. The van der Waals surface area contributed by atoms with Crippen molar-refractivity contribution < 1.29 is 23.1 Å². The average Bonchev–Trinajstić information content (AvgIpc) is 2.44. The van der Waals surface area contributed by atoms with Crippen LogP contribution >= 0.6 is 0 Å². The van der Waals surface area contributed by atoms with E-state index in [9.17, 15) is 23.1 Å². The average molecular weight is 305 g/mol. The molecule has 1 heterocycles. The summed E-state index contributed by atoms with van der Waals surface area (Å²) in [5.41, 5.74) is -1.64. The summed E-state index contributed by atoms with van der Waals surface area (Å²) in [4.78, 5) is 15.0. The Hall–Kier alpha value is -1.83. The lowest BCUT2D eigenvalue weighted by Gasteiger charge is -2.30. The number of carbonyl (C=O) groups is 1. The van der Waals surface area contributed by atoms with Gasteiger partial charge in [-0.1, -0.05) is 13.8 Å². The summed E-state index contributed by atoms with van der Waals surface area (Å²) in [5, 5.41) is 14.3. The fourth-order valence-corrected chi connectivity index (χ4v) is 1.73. The summed E-state index contributed by atoms with van der Waals surface area (Å²) in [6.45, 7) is 3.41. The van der Waals surface area contributed by atoms with Crippen LogP contribution in [0.2, 0.25) is 0 Å². The topological polar surface area (TPSA) is 74.2 Å². The van der Waals surface area contributed by atoms with Gasteiger partial charge in [0.05, 0.1) is 24.0 Å². The molecular formula is C13H18F3N3O2. The van der Waals surface area contributed by atoms with Crippen LogP contribution in [0.1, 0.15) is 32.4 Å². The molecule has 1 rings (SSSR count). The molecule has 0 unspecified atom stereocenters. The minimum Gasteiger partial charge on any atom is -0.394 e. The Morgan fingerprint density at radius 2 is 1.90 bits per heavy atom. The molecule has 0 saturated heterocycles. The number of aliphatic hydroxyl groups excluding tert-OH is 1. The van der Waals surface area contributed by atoms with Gasteiger partial charge in [0.15, 0.2) is 0 Å². The second-order valence-electron chi connectivity index (χ2n) is 4.65. The number of alkyl halides is 3. The Morgan fingerprint density at radius 1 is 1.29 bits per heavy atom. The Labute approximate surface area is 120 Å². The molecule has 0 aliphatic heterocycles. The van der Waals surface area contributed by atoms with Crippen molar-refractivity contribution in [1.29, 1.82) is 0 Å². The van der Waals surface area contributed by atoms with Crippen LogP contribution in [-0.4, -0.2) is 28.3 Å². The lowest BCUT2D eigenvalue weighted by atomic mass is 9.94. The number of rotatable bonds is 5. The van der Waals surface area contributed by atoms with E-state index >= 15 is 0 Å². The molecule has 8 heteroatoms. The van der Waals surface area contributed by atoms with Crippen molar-refractivity contribution in [3.05, 3.63) is 24.0 Å². The molecule has 0 spiro atoms. The summed E-state index contributed by atoms with van der Waals surface area (Å²) in [5.74, 6) is 0. The maximum atomic E-state index is 12.4. The number of pyridine rings is 1. The third-order valence-electron chi connectivity index (χ3n) is 3.35. The zero-order valence-corrected chi connectivity index (χ0v) is 11.8. The Morgan fingerprint density at radius 3 is 2.29 bits per heavy atom. The molecular weight excluding hydrogens is 287 g/mol. The molecule has 0 aliphatic carbocycles. The first-order valence-corrected chi connectivity index (χ1v) is 6.49. The number of carbonyl (C=O) groups excluding carboxylic acids is 1. The molecule has 0 atom stereocenters. The van der Waals surface area contributed by atoms with Crippen molar-refractivity contribution in [3.8, 4) is 0 Å². The smallest absolute Gasteiger partial charge is 0.394 e. The van der Waals surface area contributed by atoms with Gasteiger partial charge in [-0.3, -0.25) is 0 Å². The van der Waals surface area contributed by atoms with Crippen LogP contribution in [-0.2, 0) is 6.18 Å². The fourth-order valence-electron chi connectivity index (χ4n) is 1.73. The number of nitrogens with one attached hydrogen (secondary N) is 2. The quantitative estimate of drug-likeness (QED) is 0.783. The largest absolute Gasteiger partial charge is 0.433 e. The van der Waals surface area contributed by atoms with E-state index in [1.807, 2.05) is 13.8 Å². The molecule has 3 N–H and O–H groups in total. The first-order chi connectivity index (χ1) is 9.76. The molecule has 0 aliphatic rings. The maximum Gasteiger partial charge on any atom is 0.433 e. The summed E-state index contributed by atoms with van der Waals surface area (Å²) >= 11 is 0. The second kappa shape index (κ2) is 6.75. The molecule has 0 aromatic carbocycles. The minimum atomic E-state index is -4.52. The zero-order chi connectivity index (χ0) is 16.1. The van der Waals surface area contributed by atoms with E-state index in [0.717, 1.165) is 18.3 Å². The van der Waals surface area contributed by atoms with Gasteiger partial charge in [0, 0.05) is 0 Å². The highest BCUT2D eigenvalue weighted by Crippen LogP contribution is 2.27. The fraction of sp³-hybridized carbons (Fsp3) is 0.538. The monoisotopic (exact) mass is 305 g/mol. The maximum absolute atomic E-state index is 12.4. The van der Waals surface area contributed by atoms with Gasteiger partial charge in [-0.2, -0.15) is 13.2 Å². The normalized spacial score (nSPS) is 12.1. The standard InChI is InChI=1S/C13H18F3N3O2/c1-3-12(4-2,8-20)19-11(21)18-9-5-6-10(17-7-9)13(14,15)16/h5-7,20H,3-4,8H2,1-2H3,(H2,18,19,21). The molecule has 5 nitrogen and oxygen atoms in total. The number of urea groups is 1. The van der Waals surface area contributed by atoms with Gasteiger partial charge in [0.2, 0.25) is 0 Å². The predicted octanol–water partition coefficient (Wildman–Crippen LogP) is 2.77. The van der Waals surface area contributed by atoms with E-state index in [2.05, 4.69) is 15.6 Å². The van der Waals surface area contributed by atoms with Gasteiger partial charge in [-0.05, 0) is 25.0 Å². The van der Waals surface area contributed by atoms with Crippen LogP contribution in [0, 0.1) is 0 Å². The van der Waals surface area contributed by atoms with E-state index < -0.39 is 23.4 Å². The number of hydrogen-bond donors (Lipinski definition) is 3.